The van der Waals surface area contributed by atoms with Crippen LogP contribution in [0.15, 0.2) is 27.7 Å². The number of H-pyrrole nitrogens is 1. The summed E-state index contributed by atoms with van der Waals surface area (Å²) in [6.45, 7) is 8.41. The van der Waals surface area contributed by atoms with Gasteiger partial charge in [-0.3, -0.25) is 0 Å². The number of aliphatic imine (C=N–C) groups is 1. The van der Waals surface area contributed by atoms with E-state index in [-0.39, 0.29) is 24.0 Å². The number of aromatic nitrogens is 2. The molecule has 0 spiro atoms. The van der Waals surface area contributed by atoms with Crippen LogP contribution in [-0.2, 0) is 25.8 Å². The number of aryl methyl sites for hydroxylation is 3. The SMILES string of the molecule is CCNC(=NCc1c(CC)noc1CC)NCCCc1cc2c(OC)cc(OC)cc2[nH]1.I. The molecule has 2 heterocycles. The molecule has 8 nitrogen and oxygen atoms in total. The summed E-state index contributed by atoms with van der Waals surface area (Å²) in [4.78, 5) is 8.23. The van der Waals surface area contributed by atoms with Gasteiger partial charge in [-0.15, -0.1) is 24.0 Å². The van der Waals surface area contributed by atoms with Gasteiger partial charge < -0.3 is 29.6 Å². The van der Waals surface area contributed by atoms with Crippen molar-refractivity contribution in [2.24, 2.45) is 4.99 Å². The number of aromatic amines is 1. The standard InChI is InChI=1S/C24H35N5O3.HI/c1-6-20-19(22(7-2)32-29-20)15-27-24(25-8-3)26-11-9-10-16-12-18-21(28-16)13-17(30-4)14-23(18)31-5;/h12-14,28H,6-11,15H2,1-5H3,(H2,25,26,27);1H. The van der Waals surface area contributed by atoms with Crippen molar-refractivity contribution in [3.05, 3.63) is 40.9 Å². The molecule has 0 aliphatic carbocycles. The molecule has 9 heteroatoms. The van der Waals surface area contributed by atoms with E-state index in [1.165, 1.54) is 5.69 Å². The summed E-state index contributed by atoms with van der Waals surface area (Å²) in [5.41, 5.74) is 4.29. The summed E-state index contributed by atoms with van der Waals surface area (Å²) in [6, 6.07) is 6.05. The molecule has 0 fully saturated rings. The zero-order chi connectivity index (χ0) is 22.9. The van der Waals surface area contributed by atoms with Gasteiger partial charge in [0.2, 0.25) is 0 Å². The maximum absolute atomic E-state index is 5.51. The van der Waals surface area contributed by atoms with Crippen molar-refractivity contribution in [3.8, 4) is 11.5 Å². The molecule has 0 atom stereocenters. The highest BCUT2D eigenvalue weighted by molar-refractivity contribution is 14.0. The maximum atomic E-state index is 5.51. The van der Waals surface area contributed by atoms with Crippen LogP contribution >= 0.6 is 24.0 Å². The first-order valence-corrected chi connectivity index (χ1v) is 11.3. The van der Waals surface area contributed by atoms with E-state index in [0.29, 0.717) is 6.54 Å². The number of ether oxygens (including phenoxy) is 2. The van der Waals surface area contributed by atoms with Gasteiger partial charge in [0.1, 0.15) is 17.3 Å². The number of hydrogen-bond donors (Lipinski definition) is 3. The topological polar surface area (TPSA) is 96.7 Å². The fourth-order valence-corrected chi connectivity index (χ4v) is 3.76. The van der Waals surface area contributed by atoms with Crippen molar-refractivity contribution in [3.63, 3.8) is 0 Å². The third-order valence-electron chi connectivity index (χ3n) is 5.45. The zero-order valence-corrected chi connectivity index (χ0v) is 22.5. The van der Waals surface area contributed by atoms with Gasteiger partial charge in [-0.05, 0) is 32.3 Å². The molecule has 182 valence electrons. The summed E-state index contributed by atoms with van der Waals surface area (Å²) < 4.78 is 16.3. The Kier molecular flexibility index (Phi) is 10.8. The van der Waals surface area contributed by atoms with Gasteiger partial charge >= 0.3 is 0 Å². The third kappa shape index (κ3) is 6.78. The summed E-state index contributed by atoms with van der Waals surface area (Å²) in [7, 11) is 3.34. The molecule has 3 aromatic rings. The smallest absolute Gasteiger partial charge is 0.191 e. The lowest BCUT2D eigenvalue weighted by molar-refractivity contribution is 0.380. The molecule has 0 unspecified atom stereocenters. The third-order valence-corrected chi connectivity index (χ3v) is 5.45. The van der Waals surface area contributed by atoms with Gasteiger partial charge in [0, 0.05) is 48.3 Å². The summed E-state index contributed by atoms with van der Waals surface area (Å²) in [6.07, 6.45) is 3.55. The first-order chi connectivity index (χ1) is 15.6. The quantitative estimate of drug-likeness (QED) is 0.135. The van der Waals surface area contributed by atoms with E-state index in [0.717, 1.165) is 84.2 Å². The van der Waals surface area contributed by atoms with Crippen molar-refractivity contribution >= 4 is 40.8 Å². The lowest BCUT2D eigenvalue weighted by atomic mass is 10.1. The van der Waals surface area contributed by atoms with Crippen LogP contribution in [0, 0.1) is 0 Å². The number of halogens is 1. The van der Waals surface area contributed by atoms with Gasteiger partial charge in [0.15, 0.2) is 5.96 Å². The second-order valence-corrected chi connectivity index (χ2v) is 7.55. The molecule has 0 bridgehead atoms. The van der Waals surface area contributed by atoms with Crippen LogP contribution in [0.2, 0.25) is 0 Å². The molecule has 1 aromatic carbocycles. The Morgan fingerprint density at radius 1 is 1.09 bits per heavy atom. The van der Waals surface area contributed by atoms with Gasteiger partial charge in [0.25, 0.3) is 0 Å². The number of fused-ring (bicyclic) bond motifs is 1. The number of methoxy groups -OCH3 is 2. The summed E-state index contributed by atoms with van der Waals surface area (Å²) in [5.74, 6) is 3.32. The van der Waals surface area contributed by atoms with Crippen molar-refractivity contribution in [2.75, 3.05) is 27.3 Å². The van der Waals surface area contributed by atoms with Gasteiger partial charge in [-0.2, -0.15) is 0 Å². The molecular formula is C24H36IN5O3. The Hall–Kier alpha value is -2.43. The van der Waals surface area contributed by atoms with E-state index >= 15 is 0 Å². The highest BCUT2D eigenvalue weighted by atomic mass is 127. The van der Waals surface area contributed by atoms with E-state index in [1.54, 1.807) is 14.2 Å². The summed E-state index contributed by atoms with van der Waals surface area (Å²) in [5, 5.41) is 12.0. The lowest BCUT2D eigenvalue weighted by Gasteiger charge is -2.11. The van der Waals surface area contributed by atoms with Crippen LogP contribution in [0.25, 0.3) is 10.9 Å². The zero-order valence-electron chi connectivity index (χ0n) is 20.2. The maximum Gasteiger partial charge on any atom is 0.191 e. The number of nitrogens with zero attached hydrogens (tertiary/aromatic N) is 2. The molecule has 0 saturated heterocycles. The van der Waals surface area contributed by atoms with Crippen LogP contribution < -0.4 is 20.1 Å². The number of nitrogens with one attached hydrogen (secondary N) is 3. The van der Waals surface area contributed by atoms with E-state index in [4.69, 9.17) is 19.0 Å². The predicted molar refractivity (Wildman–Crippen MR) is 143 cm³/mol. The van der Waals surface area contributed by atoms with Crippen LogP contribution in [0.5, 0.6) is 11.5 Å². The molecule has 0 radical (unpaired) electrons. The minimum Gasteiger partial charge on any atom is -0.497 e. The molecule has 2 aromatic heterocycles. The molecule has 0 amide bonds. The lowest BCUT2D eigenvalue weighted by Crippen LogP contribution is -2.37. The number of benzene rings is 1. The average molecular weight is 569 g/mol. The van der Waals surface area contributed by atoms with E-state index in [9.17, 15) is 0 Å². The number of guanidine groups is 1. The highest BCUT2D eigenvalue weighted by Gasteiger charge is 2.13. The van der Waals surface area contributed by atoms with E-state index in [1.807, 2.05) is 12.1 Å². The minimum absolute atomic E-state index is 0. The molecule has 0 saturated carbocycles. The fraction of sp³-hybridized carbons (Fsp3) is 0.500. The largest absolute Gasteiger partial charge is 0.497 e. The minimum atomic E-state index is 0. The van der Waals surface area contributed by atoms with Crippen LogP contribution in [0.3, 0.4) is 0 Å². The Labute approximate surface area is 212 Å². The second-order valence-electron chi connectivity index (χ2n) is 7.55. The van der Waals surface area contributed by atoms with Crippen molar-refractivity contribution in [2.45, 2.75) is 53.0 Å². The summed E-state index contributed by atoms with van der Waals surface area (Å²) >= 11 is 0. The van der Waals surface area contributed by atoms with Gasteiger partial charge in [-0.1, -0.05) is 19.0 Å². The van der Waals surface area contributed by atoms with E-state index in [2.05, 4.69) is 47.6 Å². The Morgan fingerprint density at radius 2 is 1.91 bits per heavy atom. The molecule has 3 rings (SSSR count). The Morgan fingerprint density at radius 3 is 2.58 bits per heavy atom. The highest BCUT2D eigenvalue weighted by Crippen LogP contribution is 2.31. The Bertz CT molecular complexity index is 1020. The molecular weight excluding hydrogens is 533 g/mol. The van der Waals surface area contributed by atoms with Crippen molar-refractivity contribution in [1.82, 2.24) is 20.8 Å². The molecule has 3 N–H and O–H groups in total. The number of rotatable bonds is 11. The average Bonchev–Trinajstić information content (AvgIpc) is 3.42. The number of hydrogen-bond acceptors (Lipinski definition) is 5. The van der Waals surface area contributed by atoms with Crippen LogP contribution in [-0.4, -0.2) is 43.4 Å². The fourth-order valence-electron chi connectivity index (χ4n) is 3.76. The molecule has 0 aliphatic rings. The Balaban J connectivity index is 0.00000385. The molecule has 0 aliphatic heterocycles. The second kappa shape index (κ2) is 13.3. The van der Waals surface area contributed by atoms with Gasteiger partial charge in [0.05, 0.1) is 32.0 Å². The van der Waals surface area contributed by atoms with Crippen LogP contribution in [0.4, 0.5) is 0 Å². The molecule has 33 heavy (non-hydrogen) atoms. The van der Waals surface area contributed by atoms with E-state index < -0.39 is 0 Å². The first kappa shape index (κ1) is 26.8. The van der Waals surface area contributed by atoms with Gasteiger partial charge in [-0.25, -0.2) is 4.99 Å². The normalized spacial score (nSPS) is 11.4. The van der Waals surface area contributed by atoms with Crippen LogP contribution in [0.1, 0.15) is 49.9 Å². The van der Waals surface area contributed by atoms with Crippen molar-refractivity contribution in [1.29, 1.82) is 0 Å². The predicted octanol–water partition coefficient (Wildman–Crippen LogP) is 4.60. The monoisotopic (exact) mass is 569 g/mol. The van der Waals surface area contributed by atoms with Crippen molar-refractivity contribution < 1.29 is 14.0 Å². The first-order valence-electron chi connectivity index (χ1n) is 11.3.